The first-order valence-corrected chi connectivity index (χ1v) is 9.81. The zero-order valence-corrected chi connectivity index (χ0v) is 16.3. The first kappa shape index (κ1) is 19.8. The molecule has 2 atom stereocenters. The van der Waals surface area contributed by atoms with Crippen molar-refractivity contribution < 1.29 is 17.2 Å². The highest BCUT2D eigenvalue weighted by molar-refractivity contribution is 7.89. The first-order chi connectivity index (χ1) is 12.4. The van der Waals surface area contributed by atoms with Crippen LogP contribution in [0.4, 0.5) is 4.39 Å². The lowest BCUT2D eigenvalue weighted by Gasteiger charge is -2.15. The van der Waals surface area contributed by atoms with Crippen molar-refractivity contribution in [3.63, 3.8) is 0 Å². The molecule has 0 unspecified atom stereocenters. The van der Waals surface area contributed by atoms with E-state index in [0.717, 1.165) is 5.56 Å². The third kappa shape index (κ3) is 3.36. The van der Waals surface area contributed by atoms with Gasteiger partial charge in [-0.2, -0.15) is 4.31 Å². The molecule has 144 valence electrons. The number of halogens is 2. The van der Waals surface area contributed by atoms with E-state index in [1.165, 1.54) is 22.5 Å². The molecule has 1 fully saturated rings. The van der Waals surface area contributed by atoms with Crippen molar-refractivity contribution >= 4 is 33.4 Å². The van der Waals surface area contributed by atoms with Crippen LogP contribution in [0.5, 0.6) is 0 Å². The smallest absolute Gasteiger partial charge is 0.276 e. The monoisotopic (exact) mass is 410 g/mol. The minimum absolute atomic E-state index is 0. The molecular weight excluding hydrogens is 391 g/mol. The van der Waals surface area contributed by atoms with Gasteiger partial charge in [-0.05, 0) is 30.7 Å². The van der Waals surface area contributed by atoms with Gasteiger partial charge in [-0.1, -0.05) is 30.3 Å². The summed E-state index contributed by atoms with van der Waals surface area (Å²) in [7, 11) is -3.85. The molecule has 0 amide bonds. The van der Waals surface area contributed by atoms with E-state index in [9.17, 15) is 12.8 Å². The lowest BCUT2D eigenvalue weighted by Crippen LogP contribution is -2.32. The molecule has 2 N–H and O–H groups in total. The van der Waals surface area contributed by atoms with E-state index in [-0.39, 0.29) is 36.0 Å². The van der Waals surface area contributed by atoms with E-state index < -0.39 is 15.8 Å². The van der Waals surface area contributed by atoms with Crippen molar-refractivity contribution in [2.45, 2.75) is 24.0 Å². The van der Waals surface area contributed by atoms with Crippen molar-refractivity contribution in [1.82, 2.24) is 4.31 Å². The highest BCUT2D eigenvalue weighted by Crippen LogP contribution is 2.35. The normalized spacial score (nSPS) is 20.7. The van der Waals surface area contributed by atoms with Gasteiger partial charge in [-0.3, -0.25) is 0 Å². The molecule has 5 nitrogen and oxygen atoms in total. The molecule has 1 aliphatic rings. The van der Waals surface area contributed by atoms with Crippen LogP contribution in [0.3, 0.4) is 0 Å². The summed E-state index contributed by atoms with van der Waals surface area (Å²) in [5.41, 5.74) is 8.00. The Bertz CT molecular complexity index is 1070. The molecule has 0 bridgehead atoms. The molecule has 2 aromatic carbocycles. The molecule has 1 aliphatic heterocycles. The topological polar surface area (TPSA) is 76.5 Å². The molecule has 4 rings (SSSR count). The van der Waals surface area contributed by atoms with Gasteiger partial charge in [0.15, 0.2) is 0 Å². The van der Waals surface area contributed by atoms with Crippen LogP contribution in [0.15, 0.2) is 58.0 Å². The molecular formula is C19H20ClFN2O3S. The summed E-state index contributed by atoms with van der Waals surface area (Å²) >= 11 is 0. The second-order valence-electron chi connectivity index (χ2n) is 6.66. The average Bonchev–Trinajstić information content (AvgIpc) is 3.17. The Morgan fingerprint density at radius 2 is 1.85 bits per heavy atom. The average molecular weight is 411 g/mol. The van der Waals surface area contributed by atoms with Gasteiger partial charge >= 0.3 is 0 Å². The minimum atomic E-state index is -3.85. The summed E-state index contributed by atoms with van der Waals surface area (Å²) in [6.07, 6.45) is 0. The molecule has 3 aromatic rings. The van der Waals surface area contributed by atoms with Crippen LogP contribution in [-0.4, -0.2) is 31.9 Å². The number of hydrogen-bond acceptors (Lipinski definition) is 4. The van der Waals surface area contributed by atoms with Gasteiger partial charge in [0.1, 0.15) is 11.4 Å². The molecule has 0 aliphatic carbocycles. The number of fused-ring (bicyclic) bond motifs is 1. The van der Waals surface area contributed by atoms with Gasteiger partial charge in [0.25, 0.3) is 10.0 Å². The molecule has 0 spiro atoms. The number of hydrogen-bond donors (Lipinski definition) is 1. The Hall–Kier alpha value is -1.93. The Morgan fingerprint density at radius 1 is 1.15 bits per heavy atom. The highest BCUT2D eigenvalue weighted by Gasteiger charge is 2.40. The van der Waals surface area contributed by atoms with E-state index >= 15 is 0 Å². The number of furan rings is 1. The molecule has 8 heteroatoms. The van der Waals surface area contributed by atoms with Crippen LogP contribution in [0.1, 0.15) is 17.0 Å². The Morgan fingerprint density at radius 3 is 2.56 bits per heavy atom. The Labute approximate surface area is 163 Å². The number of aryl methyl sites for hydroxylation is 1. The largest absolute Gasteiger partial charge is 0.443 e. The quantitative estimate of drug-likeness (QED) is 0.717. The van der Waals surface area contributed by atoms with E-state index in [1.807, 2.05) is 30.3 Å². The van der Waals surface area contributed by atoms with Crippen LogP contribution >= 0.6 is 12.4 Å². The van der Waals surface area contributed by atoms with Gasteiger partial charge in [0, 0.05) is 36.0 Å². The number of benzene rings is 2. The van der Waals surface area contributed by atoms with Crippen LogP contribution in [0.25, 0.3) is 11.0 Å². The maximum atomic E-state index is 13.5. The van der Waals surface area contributed by atoms with E-state index in [0.29, 0.717) is 23.1 Å². The van der Waals surface area contributed by atoms with Crippen molar-refractivity contribution in [3.8, 4) is 0 Å². The summed E-state index contributed by atoms with van der Waals surface area (Å²) in [5, 5.41) is 0.325. The van der Waals surface area contributed by atoms with Gasteiger partial charge in [0.05, 0.1) is 0 Å². The third-order valence-electron chi connectivity index (χ3n) is 4.99. The summed E-state index contributed by atoms with van der Waals surface area (Å²) < 4.78 is 46.7. The fourth-order valence-corrected chi connectivity index (χ4v) is 5.23. The standard InChI is InChI=1S/C19H19FN2O3S.ClH/c1-12-15-9-14(20)7-8-18(15)25-19(12)26(23,24)22-10-16(17(21)11-22)13-5-3-2-4-6-13;/h2-9,16-17H,10-11,21H2,1H3;1H/t16-,17+;/m0./s1. The maximum Gasteiger partial charge on any atom is 0.276 e. The number of rotatable bonds is 3. The van der Waals surface area contributed by atoms with Crippen molar-refractivity contribution in [2.24, 2.45) is 5.73 Å². The molecule has 1 aromatic heterocycles. The van der Waals surface area contributed by atoms with E-state index in [4.69, 9.17) is 10.2 Å². The predicted molar refractivity (Wildman–Crippen MR) is 104 cm³/mol. The van der Waals surface area contributed by atoms with E-state index in [1.54, 1.807) is 6.92 Å². The van der Waals surface area contributed by atoms with Gasteiger partial charge in [0.2, 0.25) is 5.09 Å². The third-order valence-corrected chi connectivity index (χ3v) is 6.82. The second kappa shape index (κ2) is 7.24. The summed E-state index contributed by atoms with van der Waals surface area (Å²) in [6.45, 7) is 2.13. The van der Waals surface area contributed by atoms with Crippen LogP contribution in [0, 0.1) is 12.7 Å². The first-order valence-electron chi connectivity index (χ1n) is 8.37. The lowest BCUT2D eigenvalue weighted by molar-refractivity contribution is 0.421. The van der Waals surface area contributed by atoms with Crippen LogP contribution in [-0.2, 0) is 10.0 Å². The second-order valence-corrected chi connectivity index (χ2v) is 8.50. The summed E-state index contributed by atoms with van der Waals surface area (Å²) in [4.78, 5) is 0. The molecule has 0 radical (unpaired) electrons. The highest BCUT2D eigenvalue weighted by atomic mass is 35.5. The molecule has 2 heterocycles. The van der Waals surface area contributed by atoms with Crippen LogP contribution < -0.4 is 5.73 Å². The number of sulfonamides is 1. The van der Waals surface area contributed by atoms with Crippen molar-refractivity contribution in [2.75, 3.05) is 13.1 Å². The fourth-order valence-electron chi connectivity index (χ4n) is 3.57. The summed E-state index contributed by atoms with van der Waals surface area (Å²) in [5.74, 6) is -0.509. The SMILES string of the molecule is Cc1c(S(=O)(=O)N2C[C@@H](N)[C@H](c3ccccc3)C2)oc2ccc(F)cc12.Cl. The zero-order chi connectivity index (χ0) is 18.5. The Balaban J connectivity index is 0.00000210. The van der Waals surface area contributed by atoms with Crippen molar-refractivity contribution in [3.05, 3.63) is 65.5 Å². The maximum absolute atomic E-state index is 13.5. The Kier molecular flexibility index (Phi) is 5.31. The molecule has 0 saturated carbocycles. The predicted octanol–water partition coefficient (Wildman–Crippen LogP) is 3.42. The number of nitrogens with two attached hydrogens (primary N) is 1. The lowest BCUT2D eigenvalue weighted by atomic mass is 9.95. The van der Waals surface area contributed by atoms with E-state index in [2.05, 4.69) is 0 Å². The zero-order valence-electron chi connectivity index (χ0n) is 14.6. The van der Waals surface area contributed by atoms with Gasteiger partial charge in [-0.15, -0.1) is 12.4 Å². The summed E-state index contributed by atoms with van der Waals surface area (Å²) in [6, 6.07) is 13.3. The molecule has 1 saturated heterocycles. The fraction of sp³-hybridized carbons (Fsp3) is 0.263. The minimum Gasteiger partial charge on any atom is -0.443 e. The van der Waals surface area contributed by atoms with Gasteiger partial charge < -0.3 is 10.2 Å². The van der Waals surface area contributed by atoms with Crippen LogP contribution in [0.2, 0.25) is 0 Å². The van der Waals surface area contributed by atoms with Crippen molar-refractivity contribution in [1.29, 1.82) is 0 Å². The van der Waals surface area contributed by atoms with Gasteiger partial charge in [-0.25, -0.2) is 12.8 Å². The molecule has 27 heavy (non-hydrogen) atoms. The number of nitrogens with zero attached hydrogens (tertiary/aromatic N) is 1.